The van der Waals surface area contributed by atoms with Crippen molar-refractivity contribution < 1.29 is 14.3 Å². The topological polar surface area (TPSA) is 49.9 Å². The van der Waals surface area contributed by atoms with Gasteiger partial charge in [-0.2, -0.15) is 0 Å². The number of nitrogens with zero attached hydrogens (tertiary/aromatic N) is 2. The van der Waals surface area contributed by atoms with E-state index in [1.807, 2.05) is 34.1 Å². The fourth-order valence-corrected chi connectivity index (χ4v) is 3.89. The Bertz CT molecular complexity index is 643. The van der Waals surface area contributed by atoms with E-state index in [-0.39, 0.29) is 23.9 Å². The van der Waals surface area contributed by atoms with Gasteiger partial charge in [-0.3, -0.25) is 9.59 Å². The van der Waals surface area contributed by atoms with Gasteiger partial charge in [-0.15, -0.1) is 6.58 Å². The van der Waals surface area contributed by atoms with Gasteiger partial charge in [0.05, 0.1) is 25.6 Å². The third-order valence-electron chi connectivity index (χ3n) is 5.02. The Labute approximate surface area is 142 Å². The zero-order chi connectivity index (χ0) is 17.1. The highest BCUT2D eigenvalue weighted by Crippen LogP contribution is 2.31. The van der Waals surface area contributed by atoms with E-state index >= 15 is 0 Å². The van der Waals surface area contributed by atoms with E-state index in [4.69, 9.17) is 4.74 Å². The number of benzene rings is 1. The average molecular weight is 328 g/mol. The van der Waals surface area contributed by atoms with Crippen molar-refractivity contribution in [2.45, 2.75) is 37.8 Å². The first-order valence-corrected chi connectivity index (χ1v) is 8.47. The molecule has 2 heterocycles. The molecule has 0 unspecified atom stereocenters. The number of likely N-dealkylation sites (tertiary alicyclic amines) is 2. The number of hydrogen-bond acceptors (Lipinski definition) is 3. The normalized spacial score (nSPS) is 23.1. The van der Waals surface area contributed by atoms with Gasteiger partial charge in [0.15, 0.2) is 0 Å². The van der Waals surface area contributed by atoms with Gasteiger partial charge in [-0.05, 0) is 30.5 Å². The Kier molecular flexibility index (Phi) is 4.88. The van der Waals surface area contributed by atoms with Gasteiger partial charge >= 0.3 is 0 Å². The molecule has 0 aliphatic carbocycles. The molecule has 2 fully saturated rings. The maximum atomic E-state index is 12.8. The molecule has 0 saturated carbocycles. The van der Waals surface area contributed by atoms with E-state index in [1.165, 1.54) is 0 Å². The number of ether oxygens (including phenoxy) is 1. The van der Waals surface area contributed by atoms with Gasteiger partial charge in [0.2, 0.25) is 11.8 Å². The molecule has 2 amide bonds. The highest BCUT2D eigenvalue weighted by molar-refractivity contribution is 5.82. The van der Waals surface area contributed by atoms with E-state index in [1.54, 1.807) is 13.2 Å². The lowest BCUT2D eigenvalue weighted by atomic mass is 9.96. The molecule has 1 aromatic rings. The number of methoxy groups -OCH3 is 1. The van der Waals surface area contributed by atoms with E-state index in [0.717, 1.165) is 30.7 Å². The Morgan fingerprint density at radius 3 is 2.96 bits per heavy atom. The summed E-state index contributed by atoms with van der Waals surface area (Å²) in [5, 5.41) is 0. The quantitative estimate of drug-likeness (QED) is 0.777. The minimum Gasteiger partial charge on any atom is -0.497 e. The zero-order valence-electron chi connectivity index (χ0n) is 14.1. The van der Waals surface area contributed by atoms with Gasteiger partial charge in [0, 0.05) is 19.5 Å². The Hall–Kier alpha value is -2.30. The summed E-state index contributed by atoms with van der Waals surface area (Å²) in [6, 6.07) is 7.90. The molecule has 1 aromatic carbocycles. The highest BCUT2D eigenvalue weighted by Gasteiger charge is 2.44. The second-order valence-electron chi connectivity index (χ2n) is 6.41. The predicted molar refractivity (Wildman–Crippen MR) is 91.7 cm³/mol. The van der Waals surface area contributed by atoms with Crippen LogP contribution in [-0.4, -0.2) is 53.9 Å². The molecule has 3 rings (SSSR count). The summed E-state index contributed by atoms with van der Waals surface area (Å²) in [7, 11) is 1.62. The first kappa shape index (κ1) is 16.6. The van der Waals surface area contributed by atoms with Crippen LogP contribution in [0.5, 0.6) is 5.75 Å². The summed E-state index contributed by atoms with van der Waals surface area (Å²) in [5.74, 6) is 1.07. The molecule has 128 valence electrons. The third-order valence-corrected chi connectivity index (χ3v) is 5.02. The summed E-state index contributed by atoms with van der Waals surface area (Å²) in [4.78, 5) is 28.8. The van der Waals surface area contributed by atoms with Crippen molar-refractivity contribution in [3.8, 4) is 5.75 Å². The van der Waals surface area contributed by atoms with Crippen LogP contribution < -0.4 is 4.74 Å². The largest absolute Gasteiger partial charge is 0.497 e. The fourth-order valence-electron chi connectivity index (χ4n) is 3.89. The first-order valence-electron chi connectivity index (χ1n) is 8.47. The van der Waals surface area contributed by atoms with Crippen LogP contribution in [0.25, 0.3) is 0 Å². The van der Waals surface area contributed by atoms with Crippen LogP contribution in [0.1, 0.15) is 24.8 Å². The summed E-state index contributed by atoms with van der Waals surface area (Å²) in [6.45, 7) is 5.03. The van der Waals surface area contributed by atoms with Gasteiger partial charge in [0.1, 0.15) is 5.75 Å². The summed E-state index contributed by atoms with van der Waals surface area (Å²) in [6.07, 6.45) is 4.27. The van der Waals surface area contributed by atoms with Crippen LogP contribution >= 0.6 is 0 Å². The van der Waals surface area contributed by atoms with E-state index in [2.05, 4.69) is 6.58 Å². The predicted octanol–water partition coefficient (Wildman–Crippen LogP) is 2.02. The number of hydrogen-bond donors (Lipinski definition) is 0. The van der Waals surface area contributed by atoms with Crippen LogP contribution in [-0.2, 0) is 16.0 Å². The second-order valence-corrected chi connectivity index (χ2v) is 6.41. The highest BCUT2D eigenvalue weighted by atomic mass is 16.5. The molecule has 2 saturated heterocycles. The van der Waals surface area contributed by atoms with Crippen LogP contribution in [0.4, 0.5) is 0 Å². The smallest absolute Gasteiger partial charge is 0.227 e. The monoisotopic (exact) mass is 328 g/mol. The molecule has 24 heavy (non-hydrogen) atoms. The molecule has 0 radical (unpaired) electrons. The lowest BCUT2D eigenvalue weighted by molar-refractivity contribution is -0.141. The Morgan fingerprint density at radius 2 is 2.21 bits per heavy atom. The molecule has 2 aliphatic rings. The van der Waals surface area contributed by atoms with Crippen LogP contribution in [0.2, 0.25) is 0 Å². The lowest BCUT2D eigenvalue weighted by Crippen LogP contribution is -2.53. The SMILES string of the molecule is C=CCN1C(=O)CC[C@@H]2[C@H]1CCN2C(=O)Cc1cccc(OC)c1. The van der Waals surface area contributed by atoms with Crippen molar-refractivity contribution in [3.05, 3.63) is 42.5 Å². The molecule has 2 atom stereocenters. The number of piperidine rings is 1. The number of carbonyl (C=O) groups excluding carboxylic acids is 2. The molecular weight excluding hydrogens is 304 g/mol. The van der Waals surface area contributed by atoms with Gasteiger partial charge in [-0.1, -0.05) is 18.2 Å². The fraction of sp³-hybridized carbons (Fsp3) is 0.474. The Morgan fingerprint density at radius 1 is 1.38 bits per heavy atom. The third kappa shape index (κ3) is 3.16. The number of amides is 2. The molecule has 5 nitrogen and oxygen atoms in total. The maximum Gasteiger partial charge on any atom is 0.227 e. The van der Waals surface area contributed by atoms with Crippen molar-refractivity contribution in [2.24, 2.45) is 0 Å². The summed E-state index contributed by atoms with van der Waals surface area (Å²) >= 11 is 0. The minimum atomic E-state index is 0.128. The van der Waals surface area contributed by atoms with Crippen molar-refractivity contribution in [3.63, 3.8) is 0 Å². The number of rotatable bonds is 5. The average Bonchev–Trinajstić information content (AvgIpc) is 3.02. The molecule has 0 N–H and O–H groups in total. The van der Waals surface area contributed by atoms with Crippen molar-refractivity contribution >= 4 is 11.8 Å². The molecule has 0 spiro atoms. The maximum absolute atomic E-state index is 12.8. The number of carbonyl (C=O) groups is 2. The molecule has 0 bridgehead atoms. The summed E-state index contributed by atoms with van der Waals surface area (Å²) < 4.78 is 5.22. The molecule has 2 aliphatic heterocycles. The van der Waals surface area contributed by atoms with Gasteiger partial charge < -0.3 is 14.5 Å². The minimum absolute atomic E-state index is 0.128. The zero-order valence-corrected chi connectivity index (χ0v) is 14.1. The van der Waals surface area contributed by atoms with Crippen molar-refractivity contribution in [1.29, 1.82) is 0 Å². The summed E-state index contributed by atoms with van der Waals surface area (Å²) in [5.41, 5.74) is 0.956. The van der Waals surface area contributed by atoms with Crippen molar-refractivity contribution in [2.75, 3.05) is 20.2 Å². The number of fused-ring (bicyclic) bond motifs is 1. The first-order chi connectivity index (χ1) is 11.6. The van der Waals surface area contributed by atoms with Gasteiger partial charge in [-0.25, -0.2) is 0 Å². The molecule has 0 aromatic heterocycles. The van der Waals surface area contributed by atoms with E-state index in [9.17, 15) is 9.59 Å². The van der Waals surface area contributed by atoms with Crippen LogP contribution in [0, 0.1) is 0 Å². The molecule has 5 heteroatoms. The standard InChI is InChI=1S/C19H24N2O3/c1-3-10-20-17-9-11-21(16(17)7-8-18(20)22)19(23)13-14-5-4-6-15(12-14)24-2/h3-6,12,16-17H,1,7-11,13H2,2H3/t16-,17-/m1/s1. The Balaban J connectivity index is 1.70. The van der Waals surface area contributed by atoms with Crippen LogP contribution in [0.3, 0.4) is 0 Å². The second kappa shape index (κ2) is 7.07. The van der Waals surface area contributed by atoms with E-state index < -0.39 is 0 Å². The van der Waals surface area contributed by atoms with Crippen LogP contribution in [0.15, 0.2) is 36.9 Å². The lowest BCUT2D eigenvalue weighted by Gasteiger charge is -2.39. The molecular formula is C19H24N2O3. The van der Waals surface area contributed by atoms with Crippen molar-refractivity contribution in [1.82, 2.24) is 9.80 Å². The van der Waals surface area contributed by atoms with Gasteiger partial charge in [0.25, 0.3) is 0 Å². The van der Waals surface area contributed by atoms with E-state index in [0.29, 0.717) is 19.4 Å².